The number of nitrogens with one attached hydrogen (secondary N) is 2. The summed E-state index contributed by atoms with van der Waals surface area (Å²) >= 11 is 0. The lowest BCUT2D eigenvalue weighted by molar-refractivity contribution is 0.00111. The number of hydrogen-bond acceptors (Lipinski definition) is 4. The van der Waals surface area contributed by atoms with Crippen molar-refractivity contribution in [2.75, 3.05) is 45.9 Å². The molecule has 1 aromatic rings. The van der Waals surface area contributed by atoms with E-state index in [9.17, 15) is 5.11 Å². The van der Waals surface area contributed by atoms with E-state index in [2.05, 4.69) is 20.5 Å². The fourth-order valence-corrected chi connectivity index (χ4v) is 3.18. The minimum absolute atomic E-state index is 0. The quantitative estimate of drug-likeness (QED) is 0.260. The molecule has 28 heavy (non-hydrogen) atoms. The van der Waals surface area contributed by atoms with Crippen molar-refractivity contribution in [3.8, 4) is 0 Å². The second kappa shape index (κ2) is 15.0. The summed E-state index contributed by atoms with van der Waals surface area (Å²) in [6.07, 6.45) is 3.31. The fourth-order valence-electron chi connectivity index (χ4n) is 3.18. The first-order valence-electron chi connectivity index (χ1n) is 10.3. The van der Waals surface area contributed by atoms with Gasteiger partial charge in [0, 0.05) is 19.6 Å². The second-order valence-corrected chi connectivity index (χ2v) is 7.09. The van der Waals surface area contributed by atoms with Crippen LogP contribution in [-0.2, 0) is 4.74 Å². The number of aliphatic hydroxyl groups is 1. The summed E-state index contributed by atoms with van der Waals surface area (Å²) in [4.78, 5) is 6.99. The van der Waals surface area contributed by atoms with Gasteiger partial charge in [0.2, 0.25) is 0 Å². The van der Waals surface area contributed by atoms with Gasteiger partial charge in [-0.3, -0.25) is 4.99 Å². The fraction of sp³-hybridized carbons (Fsp3) is 0.667. The number of aliphatic hydroxyl groups excluding tert-OH is 1. The van der Waals surface area contributed by atoms with E-state index in [1.165, 1.54) is 32.4 Å². The average Bonchev–Trinajstić information content (AvgIpc) is 2.71. The third-order valence-electron chi connectivity index (χ3n) is 4.78. The first-order chi connectivity index (χ1) is 13.2. The number of benzene rings is 1. The Morgan fingerprint density at radius 1 is 1.18 bits per heavy atom. The molecule has 7 heteroatoms. The van der Waals surface area contributed by atoms with Crippen LogP contribution in [0.5, 0.6) is 0 Å². The highest BCUT2D eigenvalue weighted by Gasteiger charge is 2.11. The maximum Gasteiger partial charge on any atom is 0.191 e. The number of halogens is 1. The van der Waals surface area contributed by atoms with Gasteiger partial charge in [-0.15, -0.1) is 24.0 Å². The summed E-state index contributed by atoms with van der Waals surface area (Å²) in [5.41, 5.74) is 1.11. The Labute approximate surface area is 187 Å². The first-order valence-corrected chi connectivity index (χ1v) is 10.3. The summed E-state index contributed by atoms with van der Waals surface area (Å²) in [5.74, 6) is 0.754. The van der Waals surface area contributed by atoms with E-state index in [4.69, 9.17) is 4.74 Å². The molecule has 1 fully saturated rings. The number of piperidine rings is 1. The zero-order valence-electron chi connectivity index (χ0n) is 17.3. The van der Waals surface area contributed by atoms with Crippen LogP contribution in [0.3, 0.4) is 0 Å². The number of rotatable bonds is 10. The maximum absolute atomic E-state index is 10.2. The molecule has 0 aromatic heterocycles. The third-order valence-corrected chi connectivity index (χ3v) is 4.78. The maximum atomic E-state index is 10.2. The second-order valence-electron chi connectivity index (χ2n) is 7.09. The van der Waals surface area contributed by atoms with Crippen molar-refractivity contribution in [1.82, 2.24) is 15.5 Å². The van der Waals surface area contributed by atoms with Crippen LogP contribution in [0.1, 0.15) is 44.8 Å². The van der Waals surface area contributed by atoms with Crippen molar-refractivity contribution in [2.24, 2.45) is 4.99 Å². The molecule has 1 aromatic carbocycles. The molecule has 2 unspecified atom stereocenters. The predicted octanol–water partition coefficient (Wildman–Crippen LogP) is 2.78. The minimum Gasteiger partial charge on any atom is -0.389 e. The lowest BCUT2D eigenvalue weighted by Crippen LogP contribution is -2.43. The van der Waals surface area contributed by atoms with Crippen LogP contribution in [0.4, 0.5) is 0 Å². The van der Waals surface area contributed by atoms with Gasteiger partial charge in [0.15, 0.2) is 5.96 Å². The Kier molecular flexibility index (Phi) is 13.5. The van der Waals surface area contributed by atoms with Gasteiger partial charge in [-0.25, -0.2) is 0 Å². The van der Waals surface area contributed by atoms with Crippen LogP contribution >= 0.6 is 24.0 Å². The molecule has 1 heterocycles. The average molecular weight is 504 g/mol. The Morgan fingerprint density at radius 2 is 1.89 bits per heavy atom. The van der Waals surface area contributed by atoms with Crippen LogP contribution in [0.2, 0.25) is 0 Å². The summed E-state index contributed by atoms with van der Waals surface area (Å²) in [6.45, 7) is 9.73. The van der Waals surface area contributed by atoms with Gasteiger partial charge >= 0.3 is 0 Å². The normalized spacial score (nSPS) is 17.5. The smallest absolute Gasteiger partial charge is 0.191 e. The molecular formula is C21H37IN4O2. The highest BCUT2D eigenvalue weighted by Crippen LogP contribution is 2.15. The van der Waals surface area contributed by atoms with Gasteiger partial charge in [-0.2, -0.15) is 0 Å². The highest BCUT2D eigenvalue weighted by molar-refractivity contribution is 14.0. The van der Waals surface area contributed by atoms with E-state index in [1.54, 1.807) is 0 Å². The highest BCUT2D eigenvalue weighted by atomic mass is 127. The lowest BCUT2D eigenvalue weighted by atomic mass is 10.1. The van der Waals surface area contributed by atoms with Crippen LogP contribution in [-0.4, -0.2) is 67.9 Å². The molecule has 0 aliphatic carbocycles. The molecule has 3 N–H and O–H groups in total. The summed E-state index contributed by atoms with van der Waals surface area (Å²) < 4.78 is 5.78. The molecule has 2 atom stereocenters. The molecule has 0 spiro atoms. The number of likely N-dealkylation sites (tertiary alicyclic amines) is 1. The molecule has 2 rings (SSSR count). The van der Waals surface area contributed by atoms with Crippen LogP contribution < -0.4 is 10.6 Å². The first kappa shape index (κ1) is 25.1. The van der Waals surface area contributed by atoms with Crippen molar-refractivity contribution >= 4 is 29.9 Å². The SMILES string of the molecule is CCNC(=NCC(O)COC(C)c1ccccc1)NCCN1CCCCC1.I. The van der Waals surface area contributed by atoms with E-state index in [0.29, 0.717) is 6.54 Å². The van der Waals surface area contributed by atoms with Gasteiger partial charge < -0.3 is 25.4 Å². The molecule has 6 nitrogen and oxygen atoms in total. The monoisotopic (exact) mass is 504 g/mol. The Bertz CT molecular complexity index is 538. The van der Waals surface area contributed by atoms with Crippen molar-refractivity contribution < 1.29 is 9.84 Å². The number of hydrogen-bond donors (Lipinski definition) is 3. The molecule has 0 radical (unpaired) electrons. The van der Waals surface area contributed by atoms with Crippen LogP contribution in [0.15, 0.2) is 35.3 Å². The van der Waals surface area contributed by atoms with Crippen LogP contribution in [0.25, 0.3) is 0 Å². The van der Waals surface area contributed by atoms with E-state index < -0.39 is 6.10 Å². The largest absolute Gasteiger partial charge is 0.389 e. The van der Waals surface area contributed by atoms with Gasteiger partial charge in [0.1, 0.15) is 0 Å². The standard InChI is InChI=1S/C21H36N4O2.HI/c1-3-22-21(23-12-15-25-13-8-5-9-14-25)24-16-20(26)17-27-18(2)19-10-6-4-7-11-19;/h4,6-7,10-11,18,20,26H,3,5,8-9,12-17H2,1-2H3,(H2,22,23,24);1H. The number of ether oxygens (including phenoxy) is 1. The Hall–Kier alpha value is -0.900. The molecule has 0 saturated carbocycles. The van der Waals surface area contributed by atoms with E-state index in [-0.39, 0.29) is 36.7 Å². The zero-order chi connectivity index (χ0) is 19.3. The summed E-state index contributed by atoms with van der Waals surface area (Å²) in [7, 11) is 0. The third kappa shape index (κ3) is 10.0. The summed E-state index contributed by atoms with van der Waals surface area (Å²) in [6, 6.07) is 10.0. The zero-order valence-corrected chi connectivity index (χ0v) is 19.6. The number of aliphatic imine (C=N–C) groups is 1. The molecule has 160 valence electrons. The Morgan fingerprint density at radius 3 is 2.57 bits per heavy atom. The van der Waals surface area contributed by atoms with Crippen molar-refractivity contribution in [1.29, 1.82) is 0 Å². The molecule has 1 saturated heterocycles. The lowest BCUT2D eigenvalue weighted by Gasteiger charge is -2.26. The van der Waals surface area contributed by atoms with E-state index in [0.717, 1.165) is 31.2 Å². The summed E-state index contributed by atoms with van der Waals surface area (Å²) in [5, 5.41) is 16.8. The number of nitrogens with zero attached hydrogens (tertiary/aromatic N) is 2. The minimum atomic E-state index is -0.617. The molecule has 1 aliphatic heterocycles. The van der Waals surface area contributed by atoms with Crippen LogP contribution in [0, 0.1) is 0 Å². The van der Waals surface area contributed by atoms with Crippen molar-refractivity contribution in [3.05, 3.63) is 35.9 Å². The van der Waals surface area contributed by atoms with Crippen molar-refractivity contribution in [3.63, 3.8) is 0 Å². The van der Waals surface area contributed by atoms with Gasteiger partial charge in [-0.1, -0.05) is 36.8 Å². The van der Waals surface area contributed by atoms with Gasteiger partial charge in [-0.05, 0) is 45.3 Å². The topological polar surface area (TPSA) is 69.1 Å². The molecule has 0 bridgehead atoms. The molecular weight excluding hydrogens is 467 g/mol. The van der Waals surface area contributed by atoms with Gasteiger partial charge in [0.25, 0.3) is 0 Å². The molecule has 1 aliphatic rings. The number of guanidine groups is 1. The predicted molar refractivity (Wildman–Crippen MR) is 127 cm³/mol. The van der Waals surface area contributed by atoms with E-state index >= 15 is 0 Å². The molecule has 0 amide bonds. The van der Waals surface area contributed by atoms with E-state index in [1.807, 2.05) is 44.2 Å². The van der Waals surface area contributed by atoms with Gasteiger partial charge in [0.05, 0.1) is 25.4 Å². The van der Waals surface area contributed by atoms with Crippen molar-refractivity contribution in [2.45, 2.75) is 45.3 Å². The Balaban J connectivity index is 0.00000392.